The Morgan fingerprint density at radius 2 is 1.67 bits per heavy atom. The van der Waals surface area contributed by atoms with E-state index in [-0.39, 0.29) is 11.6 Å². The first-order valence-electron chi connectivity index (χ1n) is 6.13. The molecule has 0 fully saturated rings. The second-order valence-corrected chi connectivity index (χ2v) is 4.60. The van der Waals surface area contributed by atoms with E-state index in [1.54, 1.807) is 13.0 Å². The van der Waals surface area contributed by atoms with Crippen molar-refractivity contribution in [1.29, 1.82) is 0 Å². The smallest absolute Gasteiger partial charge is 0.406 e. The minimum atomic E-state index is -4.73. The summed E-state index contributed by atoms with van der Waals surface area (Å²) in [5, 5.41) is 0. The minimum absolute atomic E-state index is 0.311. The Morgan fingerprint density at radius 3 is 2.19 bits per heavy atom. The maximum absolute atomic E-state index is 13.1. The third-order valence-electron chi connectivity index (χ3n) is 3.04. The van der Waals surface area contributed by atoms with Crippen molar-refractivity contribution in [3.63, 3.8) is 0 Å². The summed E-state index contributed by atoms with van der Waals surface area (Å²) in [6.07, 6.45) is -4.73. The first-order chi connectivity index (χ1) is 9.76. The first kappa shape index (κ1) is 15.3. The molecule has 2 nitrogen and oxygen atoms in total. The van der Waals surface area contributed by atoms with Gasteiger partial charge in [-0.1, -0.05) is 18.2 Å². The van der Waals surface area contributed by atoms with E-state index in [1.165, 1.54) is 36.4 Å². The summed E-state index contributed by atoms with van der Waals surface area (Å²) >= 11 is 0. The van der Waals surface area contributed by atoms with Crippen LogP contribution in [-0.2, 0) is 0 Å². The molecule has 0 saturated heterocycles. The molecular weight excluding hydrogens is 286 g/mol. The summed E-state index contributed by atoms with van der Waals surface area (Å²) in [6, 6.07) is 8.96. The maximum atomic E-state index is 13.1. The standard InChI is InChI=1S/C15H13F4NO/c1-9-8-11(16)4-7-13(9)14(20)10-2-5-12(6-3-10)21-15(17,18)19/h2-8,14H,20H2,1H3. The zero-order valence-electron chi connectivity index (χ0n) is 11.1. The first-order valence-corrected chi connectivity index (χ1v) is 6.13. The molecule has 0 radical (unpaired) electrons. The van der Waals surface area contributed by atoms with Crippen LogP contribution in [0.5, 0.6) is 5.75 Å². The van der Waals surface area contributed by atoms with E-state index in [1.807, 2.05) is 0 Å². The summed E-state index contributed by atoms with van der Waals surface area (Å²) in [5.74, 6) is -0.674. The Morgan fingerprint density at radius 1 is 1.05 bits per heavy atom. The van der Waals surface area contributed by atoms with Gasteiger partial charge >= 0.3 is 6.36 Å². The van der Waals surface area contributed by atoms with Crippen LogP contribution in [0.4, 0.5) is 17.6 Å². The molecule has 0 spiro atoms. The van der Waals surface area contributed by atoms with Gasteiger partial charge in [-0.05, 0) is 47.9 Å². The molecule has 0 amide bonds. The molecule has 0 aromatic heterocycles. The Labute approximate surface area is 119 Å². The van der Waals surface area contributed by atoms with Crippen molar-refractivity contribution < 1.29 is 22.3 Å². The molecule has 2 aromatic rings. The molecule has 0 heterocycles. The molecule has 112 valence electrons. The molecule has 2 rings (SSSR count). The lowest BCUT2D eigenvalue weighted by molar-refractivity contribution is -0.274. The van der Waals surface area contributed by atoms with Crippen molar-refractivity contribution in [2.75, 3.05) is 0 Å². The summed E-state index contributed by atoms with van der Waals surface area (Å²) in [4.78, 5) is 0. The number of nitrogens with two attached hydrogens (primary N) is 1. The second-order valence-electron chi connectivity index (χ2n) is 4.60. The molecule has 0 aliphatic rings. The summed E-state index contributed by atoms with van der Waals surface area (Å²) < 4.78 is 53.1. The Kier molecular flexibility index (Phi) is 4.18. The number of aryl methyl sites for hydroxylation is 1. The lowest BCUT2D eigenvalue weighted by Crippen LogP contribution is -2.17. The Bertz CT molecular complexity index is 623. The van der Waals surface area contributed by atoms with E-state index >= 15 is 0 Å². The van der Waals surface area contributed by atoms with E-state index in [4.69, 9.17) is 5.73 Å². The molecule has 0 saturated carbocycles. The lowest BCUT2D eigenvalue weighted by atomic mass is 9.96. The lowest BCUT2D eigenvalue weighted by Gasteiger charge is -2.16. The van der Waals surface area contributed by atoms with Gasteiger partial charge < -0.3 is 10.5 Å². The zero-order valence-corrected chi connectivity index (χ0v) is 11.1. The molecule has 1 unspecified atom stereocenters. The van der Waals surface area contributed by atoms with Crippen molar-refractivity contribution >= 4 is 0 Å². The van der Waals surface area contributed by atoms with Gasteiger partial charge in [-0.2, -0.15) is 0 Å². The van der Waals surface area contributed by atoms with Crippen LogP contribution < -0.4 is 10.5 Å². The van der Waals surface area contributed by atoms with Gasteiger partial charge in [-0.25, -0.2) is 4.39 Å². The van der Waals surface area contributed by atoms with Crippen molar-refractivity contribution in [1.82, 2.24) is 0 Å². The highest BCUT2D eigenvalue weighted by Crippen LogP contribution is 2.27. The largest absolute Gasteiger partial charge is 0.573 e. The van der Waals surface area contributed by atoms with Gasteiger partial charge in [0.25, 0.3) is 0 Å². The summed E-state index contributed by atoms with van der Waals surface area (Å²) in [7, 11) is 0. The average molecular weight is 299 g/mol. The van der Waals surface area contributed by atoms with Crippen LogP contribution in [0.15, 0.2) is 42.5 Å². The molecule has 6 heteroatoms. The number of alkyl halides is 3. The normalized spacial score (nSPS) is 13.0. The number of hydrogen-bond acceptors (Lipinski definition) is 2. The predicted octanol–water partition coefficient (Wildman–Crippen LogP) is 4.08. The number of ether oxygens (including phenoxy) is 1. The van der Waals surface area contributed by atoms with Crippen LogP contribution >= 0.6 is 0 Å². The van der Waals surface area contributed by atoms with E-state index in [2.05, 4.69) is 4.74 Å². The number of rotatable bonds is 3. The molecule has 1 atom stereocenters. The van der Waals surface area contributed by atoms with Gasteiger partial charge in [0.1, 0.15) is 11.6 Å². The predicted molar refractivity (Wildman–Crippen MR) is 70.3 cm³/mol. The van der Waals surface area contributed by atoms with Gasteiger partial charge in [0.2, 0.25) is 0 Å². The Hall–Kier alpha value is -2.08. The van der Waals surface area contributed by atoms with E-state index in [0.717, 1.165) is 0 Å². The highest BCUT2D eigenvalue weighted by atomic mass is 19.4. The van der Waals surface area contributed by atoms with Crippen LogP contribution in [0.25, 0.3) is 0 Å². The van der Waals surface area contributed by atoms with Crippen LogP contribution in [0, 0.1) is 12.7 Å². The quantitative estimate of drug-likeness (QED) is 0.867. The second kappa shape index (κ2) is 5.73. The third kappa shape index (κ3) is 3.95. The van der Waals surface area contributed by atoms with Crippen LogP contribution in [0.1, 0.15) is 22.7 Å². The van der Waals surface area contributed by atoms with Gasteiger partial charge in [0.15, 0.2) is 0 Å². The van der Waals surface area contributed by atoms with Gasteiger partial charge in [0, 0.05) is 0 Å². The van der Waals surface area contributed by atoms with Crippen LogP contribution in [0.3, 0.4) is 0 Å². The number of halogens is 4. The fourth-order valence-electron chi connectivity index (χ4n) is 2.04. The molecule has 0 aliphatic heterocycles. The molecular formula is C15H13F4NO. The van der Waals surface area contributed by atoms with Gasteiger partial charge in [-0.3, -0.25) is 0 Å². The van der Waals surface area contributed by atoms with Gasteiger partial charge in [-0.15, -0.1) is 13.2 Å². The molecule has 2 N–H and O–H groups in total. The van der Waals surface area contributed by atoms with Crippen LogP contribution in [-0.4, -0.2) is 6.36 Å². The van der Waals surface area contributed by atoms with E-state index in [9.17, 15) is 17.6 Å². The summed E-state index contributed by atoms with van der Waals surface area (Å²) in [6.45, 7) is 1.72. The molecule has 0 bridgehead atoms. The number of hydrogen-bond donors (Lipinski definition) is 1. The monoisotopic (exact) mass is 299 g/mol. The molecule has 0 aliphatic carbocycles. The third-order valence-corrected chi connectivity index (χ3v) is 3.04. The van der Waals surface area contributed by atoms with E-state index in [0.29, 0.717) is 16.7 Å². The average Bonchev–Trinajstić information content (AvgIpc) is 2.37. The summed E-state index contributed by atoms with van der Waals surface area (Å²) in [5.41, 5.74) is 8.06. The fourth-order valence-corrected chi connectivity index (χ4v) is 2.04. The zero-order chi connectivity index (χ0) is 15.6. The highest BCUT2D eigenvalue weighted by molar-refractivity contribution is 5.38. The van der Waals surface area contributed by atoms with Crippen molar-refractivity contribution in [3.05, 3.63) is 65.0 Å². The Balaban J connectivity index is 2.22. The maximum Gasteiger partial charge on any atom is 0.573 e. The van der Waals surface area contributed by atoms with Crippen LogP contribution in [0.2, 0.25) is 0 Å². The van der Waals surface area contributed by atoms with Gasteiger partial charge in [0.05, 0.1) is 6.04 Å². The van der Waals surface area contributed by atoms with E-state index < -0.39 is 12.4 Å². The van der Waals surface area contributed by atoms with Crippen molar-refractivity contribution in [2.24, 2.45) is 5.73 Å². The topological polar surface area (TPSA) is 35.2 Å². The highest BCUT2D eigenvalue weighted by Gasteiger charge is 2.31. The minimum Gasteiger partial charge on any atom is -0.406 e. The van der Waals surface area contributed by atoms with Crippen molar-refractivity contribution in [2.45, 2.75) is 19.3 Å². The number of benzene rings is 2. The fraction of sp³-hybridized carbons (Fsp3) is 0.200. The molecule has 21 heavy (non-hydrogen) atoms. The van der Waals surface area contributed by atoms with Crippen molar-refractivity contribution in [3.8, 4) is 5.75 Å². The molecule has 2 aromatic carbocycles. The SMILES string of the molecule is Cc1cc(F)ccc1C(N)c1ccc(OC(F)(F)F)cc1.